The highest BCUT2D eigenvalue weighted by Gasteiger charge is 2.31. The quantitative estimate of drug-likeness (QED) is 0.777. The molecule has 1 N–H and O–H groups in total. The van der Waals surface area contributed by atoms with Crippen LogP contribution in [0.4, 0.5) is 13.2 Å². The fraction of sp³-hybridized carbons (Fsp3) is 0.600. The summed E-state index contributed by atoms with van der Waals surface area (Å²) in [6.45, 7) is 1.78. The minimum atomic E-state index is -4.27. The molecule has 112 valence electrons. The summed E-state index contributed by atoms with van der Waals surface area (Å²) in [6.07, 6.45) is -0.237. The van der Waals surface area contributed by atoms with Gasteiger partial charge in [0.05, 0.1) is 5.56 Å². The van der Waals surface area contributed by atoms with Crippen molar-refractivity contribution < 1.29 is 18.3 Å². The lowest BCUT2D eigenvalue weighted by atomic mass is 10.1. The molecule has 0 aromatic heterocycles. The van der Waals surface area contributed by atoms with Crippen LogP contribution in [0.2, 0.25) is 0 Å². The summed E-state index contributed by atoms with van der Waals surface area (Å²) in [5, 5.41) is 8.80. The number of rotatable bonds is 7. The fourth-order valence-corrected chi connectivity index (χ4v) is 2.29. The van der Waals surface area contributed by atoms with Gasteiger partial charge in [0.1, 0.15) is 0 Å². The average Bonchev–Trinajstić information content (AvgIpc) is 3.22. The molecule has 0 heterocycles. The number of hydrogen-bond acceptors (Lipinski definition) is 2. The first kappa shape index (κ1) is 15.3. The molecule has 0 saturated heterocycles. The Kier molecular flexibility index (Phi) is 5.05. The van der Waals surface area contributed by atoms with Crippen LogP contribution in [0.15, 0.2) is 24.3 Å². The Morgan fingerprint density at radius 2 is 1.75 bits per heavy atom. The van der Waals surface area contributed by atoms with Crippen LogP contribution in [0.1, 0.15) is 36.8 Å². The molecule has 0 aliphatic heterocycles. The lowest BCUT2D eigenvalue weighted by Crippen LogP contribution is -2.26. The minimum Gasteiger partial charge on any atom is -0.396 e. The first-order valence-corrected chi connectivity index (χ1v) is 7.02. The van der Waals surface area contributed by atoms with Crippen LogP contribution >= 0.6 is 0 Å². The van der Waals surface area contributed by atoms with Gasteiger partial charge in [-0.3, -0.25) is 4.90 Å². The third-order valence-electron chi connectivity index (χ3n) is 3.58. The van der Waals surface area contributed by atoms with Crippen LogP contribution < -0.4 is 0 Å². The van der Waals surface area contributed by atoms with Gasteiger partial charge in [-0.1, -0.05) is 12.1 Å². The molecular weight excluding hydrogens is 267 g/mol. The molecular formula is C15H20F3NO. The zero-order chi connectivity index (χ0) is 14.6. The third-order valence-corrected chi connectivity index (χ3v) is 3.58. The molecule has 1 aromatic rings. The van der Waals surface area contributed by atoms with Crippen LogP contribution in [-0.4, -0.2) is 29.2 Å². The Hall–Kier alpha value is -1.07. The van der Waals surface area contributed by atoms with Gasteiger partial charge in [0.15, 0.2) is 0 Å². The highest BCUT2D eigenvalue weighted by Crippen LogP contribution is 2.31. The topological polar surface area (TPSA) is 23.5 Å². The molecule has 1 aromatic carbocycles. The van der Waals surface area contributed by atoms with Crippen LogP contribution in [0.25, 0.3) is 0 Å². The predicted octanol–water partition coefficient (Wildman–Crippen LogP) is 3.44. The van der Waals surface area contributed by atoms with E-state index in [1.807, 2.05) is 0 Å². The van der Waals surface area contributed by atoms with Crippen molar-refractivity contribution in [2.24, 2.45) is 0 Å². The summed E-state index contributed by atoms with van der Waals surface area (Å²) in [5.74, 6) is 0. The molecule has 1 aliphatic carbocycles. The Morgan fingerprint density at radius 1 is 1.10 bits per heavy atom. The Bertz CT molecular complexity index is 412. The second-order valence-corrected chi connectivity index (χ2v) is 5.33. The van der Waals surface area contributed by atoms with Crippen LogP contribution in [0.3, 0.4) is 0 Å². The van der Waals surface area contributed by atoms with Gasteiger partial charge in [0.25, 0.3) is 0 Å². The maximum absolute atomic E-state index is 12.5. The molecule has 1 fully saturated rings. The lowest BCUT2D eigenvalue weighted by Gasteiger charge is -2.22. The Balaban J connectivity index is 1.93. The van der Waals surface area contributed by atoms with Crippen LogP contribution in [0.5, 0.6) is 0 Å². The predicted molar refractivity (Wildman–Crippen MR) is 71.2 cm³/mol. The second-order valence-electron chi connectivity index (χ2n) is 5.33. The molecule has 1 aliphatic rings. The fourth-order valence-electron chi connectivity index (χ4n) is 2.29. The van der Waals surface area contributed by atoms with Crippen LogP contribution in [-0.2, 0) is 12.7 Å². The van der Waals surface area contributed by atoms with Gasteiger partial charge < -0.3 is 5.11 Å². The van der Waals surface area contributed by atoms with Gasteiger partial charge >= 0.3 is 6.18 Å². The van der Waals surface area contributed by atoms with Crippen molar-refractivity contribution in [3.05, 3.63) is 35.4 Å². The third kappa shape index (κ3) is 4.49. The van der Waals surface area contributed by atoms with E-state index in [4.69, 9.17) is 5.11 Å². The molecule has 0 unspecified atom stereocenters. The molecule has 0 radical (unpaired) electrons. The Morgan fingerprint density at radius 3 is 2.25 bits per heavy atom. The summed E-state index contributed by atoms with van der Waals surface area (Å²) < 4.78 is 37.5. The second kappa shape index (κ2) is 6.59. The number of aliphatic hydroxyl groups is 1. The van der Waals surface area contributed by atoms with E-state index in [0.29, 0.717) is 12.6 Å². The SMILES string of the molecule is OCCCCN(Cc1ccc(C(F)(F)F)cc1)C1CC1. The summed E-state index contributed by atoms with van der Waals surface area (Å²) in [4.78, 5) is 2.30. The summed E-state index contributed by atoms with van der Waals surface area (Å²) in [7, 11) is 0. The van der Waals surface area contributed by atoms with E-state index in [1.54, 1.807) is 12.1 Å². The standard InChI is InChI=1S/C15H20F3NO/c16-15(17,18)13-5-3-12(4-6-13)11-19(14-7-8-14)9-1-2-10-20/h3-6,14,20H,1-2,7-11H2. The van der Waals surface area contributed by atoms with Crippen LogP contribution in [0, 0.1) is 0 Å². The van der Waals surface area contributed by atoms with Gasteiger partial charge in [0, 0.05) is 19.2 Å². The van der Waals surface area contributed by atoms with E-state index >= 15 is 0 Å². The average molecular weight is 287 g/mol. The molecule has 2 nitrogen and oxygen atoms in total. The number of benzene rings is 1. The molecule has 0 atom stereocenters. The number of hydrogen-bond donors (Lipinski definition) is 1. The Labute approximate surface area is 117 Å². The largest absolute Gasteiger partial charge is 0.416 e. The highest BCUT2D eigenvalue weighted by molar-refractivity contribution is 5.24. The van der Waals surface area contributed by atoms with Crippen molar-refractivity contribution >= 4 is 0 Å². The molecule has 1 saturated carbocycles. The molecule has 0 amide bonds. The maximum atomic E-state index is 12.5. The van der Waals surface area contributed by atoms with E-state index in [-0.39, 0.29) is 6.61 Å². The molecule has 0 bridgehead atoms. The van der Waals surface area contributed by atoms with E-state index < -0.39 is 11.7 Å². The molecule has 5 heteroatoms. The number of aliphatic hydroxyl groups excluding tert-OH is 1. The minimum absolute atomic E-state index is 0.193. The first-order valence-electron chi connectivity index (χ1n) is 7.02. The normalized spacial score (nSPS) is 15.8. The van der Waals surface area contributed by atoms with Crippen molar-refractivity contribution in [1.82, 2.24) is 4.90 Å². The molecule has 0 spiro atoms. The highest BCUT2D eigenvalue weighted by atomic mass is 19.4. The van der Waals surface area contributed by atoms with Gasteiger partial charge in [0.2, 0.25) is 0 Å². The number of unbranched alkanes of at least 4 members (excludes halogenated alkanes) is 1. The van der Waals surface area contributed by atoms with Crippen molar-refractivity contribution in [2.45, 2.75) is 44.4 Å². The number of nitrogens with zero attached hydrogens (tertiary/aromatic N) is 1. The monoisotopic (exact) mass is 287 g/mol. The van der Waals surface area contributed by atoms with Gasteiger partial charge in [-0.2, -0.15) is 13.2 Å². The van der Waals surface area contributed by atoms with Crippen molar-refractivity contribution in [2.75, 3.05) is 13.2 Å². The zero-order valence-corrected chi connectivity index (χ0v) is 11.4. The smallest absolute Gasteiger partial charge is 0.396 e. The van der Waals surface area contributed by atoms with E-state index in [0.717, 1.165) is 37.1 Å². The van der Waals surface area contributed by atoms with E-state index in [2.05, 4.69) is 4.90 Å². The molecule has 20 heavy (non-hydrogen) atoms. The van der Waals surface area contributed by atoms with Gasteiger partial charge in [-0.25, -0.2) is 0 Å². The first-order chi connectivity index (χ1) is 9.50. The van der Waals surface area contributed by atoms with Crippen molar-refractivity contribution in [3.63, 3.8) is 0 Å². The van der Waals surface area contributed by atoms with E-state index in [9.17, 15) is 13.2 Å². The zero-order valence-electron chi connectivity index (χ0n) is 11.4. The summed E-state index contributed by atoms with van der Waals surface area (Å²) >= 11 is 0. The number of halogens is 3. The maximum Gasteiger partial charge on any atom is 0.416 e. The van der Waals surface area contributed by atoms with E-state index in [1.165, 1.54) is 12.8 Å². The van der Waals surface area contributed by atoms with Gasteiger partial charge in [-0.15, -0.1) is 0 Å². The van der Waals surface area contributed by atoms with Crippen molar-refractivity contribution in [3.8, 4) is 0 Å². The summed E-state index contributed by atoms with van der Waals surface area (Å²) in [5.41, 5.74) is 0.313. The molecule has 2 rings (SSSR count). The summed E-state index contributed by atoms with van der Waals surface area (Å²) in [6, 6.07) is 5.98. The van der Waals surface area contributed by atoms with Crippen molar-refractivity contribution in [1.29, 1.82) is 0 Å². The number of alkyl halides is 3. The lowest BCUT2D eigenvalue weighted by molar-refractivity contribution is -0.137. The van der Waals surface area contributed by atoms with Gasteiger partial charge in [-0.05, 0) is 49.9 Å².